The fourth-order valence-corrected chi connectivity index (χ4v) is 1.88. The predicted molar refractivity (Wildman–Crippen MR) is 70.4 cm³/mol. The Balaban J connectivity index is 2.29. The Morgan fingerprint density at radius 1 is 1.35 bits per heavy atom. The molecule has 8 nitrogen and oxygen atoms in total. The summed E-state index contributed by atoms with van der Waals surface area (Å²) >= 11 is 0. The van der Waals surface area contributed by atoms with Crippen LogP contribution in [0.1, 0.15) is 26.5 Å². The van der Waals surface area contributed by atoms with E-state index in [0.717, 1.165) is 0 Å². The van der Waals surface area contributed by atoms with Gasteiger partial charge in [0.05, 0.1) is 30.3 Å². The van der Waals surface area contributed by atoms with Crippen molar-refractivity contribution in [2.24, 2.45) is 14.1 Å². The van der Waals surface area contributed by atoms with Gasteiger partial charge in [0, 0.05) is 20.3 Å². The summed E-state index contributed by atoms with van der Waals surface area (Å²) in [6, 6.07) is 0. The molecule has 0 radical (unpaired) electrons. The lowest BCUT2D eigenvalue weighted by molar-refractivity contribution is 0.0589. The fraction of sp³-hybridized carbons (Fsp3) is 0.333. The summed E-state index contributed by atoms with van der Waals surface area (Å²) in [5, 5.41) is 10.7. The van der Waals surface area contributed by atoms with Gasteiger partial charge < -0.3 is 10.1 Å². The number of amides is 1. The Labute approximate surface area is 115 Å². The van der Waals surface area contributed by atoms with Crippen molar-refractivity contribution < 1.29 is 14.3 Å². The van der Waals surface area contributed by atoms with Crippen molar-refractivity contribution >= 4 is 17.6 Å². The number of aromatic nitrogens is 4. The number of hydrogen-bond donors (Lipinski definition) is 1. The van der Waals surface area contributed by atoms with Crippen LogP contribution in [0, 0.1) is 6.92 Å². The zero-order valence-electron chi connectivity index (χ0n) is 11.7. The molecule has 8 heteroatoms. The van der Waals surface area contributed by atoms with Gasteiger partial charge in [-0.2, -0.15) is 10.2 Å². The van der Waals surface area contributed by atoms with Crippen LogP contribution in [0.4, 0.5) is 5.69 Å². The second-order valence-corrected chi connectivity index (χ2v) is 4.28. The SMILES string of the molecule is COC(=O)c1c(NC(=O)c2cn(C)nc2C)cnn1C. The smallest absolute Gasteiger partial charge is 0.358 e. The quantitative estimate of drug-likeness (QED) is 0.825. The monoisotopic (exact) mass is 277 g/mol. The zero-order chi connectivity index (χ0) is 14.9. The molecular formula is C12H15N5O3. The van der Waals surface area contributed by atoms with Crippen molar-refractivity contribution in [2.75, 3.05) is 12.4 Å². The number of carbonyl (C=O) groups is 2. The summed E-state index contributed by atoms with van der Waals surface area (Å²) in [6.45, 7) is 1.74. The van der Waals surface area contributed by atoms with Gasteiger partial charge in [0.1, 0.15) is 0 Å². The predicted octanol–water partition coefficient (Wildman–Crippen LogP) is 0.501. The molecule has 2 aromatic rings. The van der Waals surface area contributed by atoms with Crippen LogP contribution in [0.25, 0.3) is 0 Å². The molecule has 0 aliphatic heterocycles. The molecule has 2 rings (SSSR count). The van der Waals surface area contributed by atoms with E-state index in [1.807, 2.05) is 0 Å². The number of nitrogens with zero attached hydrogens (tertiary/aromatic N) is 4. The van der Waals surface area contributed by atoms with Crippen molar-refractivity contribution in [2.45, 2.75) is 6.92 Å². The van der Waals surface area contributed by atoms with Gasteiger partial charge in [0.25, 0.3) is 5.91 Å². The first-order chi connectivity index (χ1) is 9.43. The lowest BCUT2D eigenvalue weighted by atomic mass is 10.2. The minimum absolute atomic E-state index is 0.183. The molecule has 0 atom stereocenters. The molecule has 2 heterocycles. The van der Waals surface area contributed by atoms with Crippen LogP contribution in [0.15, 0.2) is 12.4 Å². The average Bonchev–Trinajstić information content (AvgIpc) is 2.91. The van der Waals surface area contributed by atoms with Gasteiger partial charge in [-0.15, -0.1) is 0 Å². The Hall–Kier alpha value is -2.64. The molecule has 0 aliphatic carbocycles. The number of ether oxygens (including phenoxy) is 1. The van der Waals surface area contributed by atoms with Crippen molar-refractivity contribution in [1.82, 2.24) is 19.6 Å². The summed E-state index contributed by atoms with van der Waals surface area (Å²) in [4.78, 5) is 23.8. The maximum atomic E-state index is 12.2. The highest BCUT2D eigenvalue weighted by Crippen LogP contribution is 2.17. The topological polar surface area (TPSA) is 91.0 Å². The summed E-state index contributed by atoms with van der Waals surface area (Å²) in [5.41, 5.74) is 1.52. The lowest BCUT2D eigenvalue weighted by Gasteiger charge is -2.05. The molecule has 0 aliphatic rings. The van der Waals surface area contributed by atoms with Gasteiger partial charge in [-0.05, 0) is 6.92 Å². The maximum Gasteiger partial charge on any atom is 0.358 e. The van der Waals surface area contributed by atoms with Crippen molar-refractivity contribution in [3.8, 4) is 0 Å². The molecule has 20 heavy (non-hydrogen) atoms. The summed E-state index contributed by atoms with van der Waals surface area (Å²) < 4.78 is 7.56. The van der Waals surface area contributed by atoms with E-state index in [1.54, 1.807) is 31.9 Å². The Kier molecular flexibility index (Phi) is 3.55. The summed E-state index contributed by atoms with van der Waals surface area (Å²) in [6.07, 6.45) is 3.01. The third-order valence-corrected chi connectivity index (χ3v) is 2.82. The Morgan fingerprint density at radius 2 is 2.05 bits per heavy atom. The molecule has 0 saturated heterocycles. The molecule has 0 aromatic carbocycles. The molecular weight excluding hydrogens is 262 g/mol. The maximum absolute atomic E-state index is 12.2. The molecule has 106 valence electrons. The number of hydrogen-bond acceptors (Lipinski definition) is 5. The minimum Gasteiger partial charge on any atom is -0.464 e. The minimum atomic E-state index is -0.566. The van der Waals surface area contributed by atoms with Crippen LogP contribution in [0.2, 0.25) is 0 Å². The highest BCUT2D eigenvalue weighted by atomic mass is 16.5. The third-order valence-electron chi connectivity index (χ3n) is 2.82. The van der Waals surface area contributed by atoms with E-state index in [9.17, 15) is 9.59 Å². The third kappa shape index (κ3) is 2.40. The van der Waals surface area contributed by atoms with Crippen molar-refractivity contribution in [1.29, 1.82) is 0 Å². The number of nitrogens with one attached hydrogen (secondary N) is 1. The van der Waals surface area contributed by atoms with Crippen molar-refractivity contribution in [3.05, 3.63) is 29.3 Å². The Morgan fingerprint density at radius 3 is 2.60 bits per heavy atom. The first kappa shape index (κ1) is 13.8. The largest absolute Gasteiger partial charge is 0.464 e. The summed E-state index contributed by atoms with van der Waals surface area (Å²) in [7, 11) is 4.59. The van der Waals surface area contributed by atoms with Crippen LogP contribution in [-0.2, 0) is 18.8 Å². The van der Waals surface area contributed by atoms with E-state index in [0.29, 0.717) is 16.9 Å². The number of aryl methyl sites for hydroxylation is 3. The van der Waals surface area contributed by atoms with E-state index in [4.69, 9.17) is 0 Å². The van der Waals surface area contributed by atoms with Crippen LogP contribution < -0.4 is 5.32 Å². The van der Waals surface area contributed by atoms with Crippen LogP contribution >= 0.6 is 0 Å². The van der Waals surface area contributed by atoms with Gasteiger partial charge in [-0.1, -0.05) is 0 Å². The van der Waals surface area contributed by atoms with Crippen molar-refractivity contribution in [3.63, 3.8) is 0 Å². The van der Waals surface area contributed by atoms with Crippen LogP contribution in [-0.4, -0.2) is 38.5 Å². The van der Waals surface area contributed by atoms with E-state index in [1.165, 1.54) is 18.0 Å². The van der Waals surface area contributed by atoms with Gasteiger partial charge in [-0.25, -0.2) is 4.79 Å². The average molecular weight is 277 g/mol. The molecule has 0 unspecified atom stereocenters. The highest BCUT2D eigenvalue weighted by molar-refractivity contribution is 6.07. The first-order valence-corrected chi connectivity index (χ1v) is 5.86. The van der Waals surface area contributed by atoms with Gasteiger partial charge in [0.15, 0.2) is 5.69 Å². The number of carbonyl (C=O) groups excluding carboxylic acids is 2. The second-order valence-electron chi connectivity index (χ2n) is 4.28. The van der Waals surface area contributed by atoms with E-state index in [2.05, 4.69) is 20.3 Å². The normalized spacial score (nSPS) is 10.4. The van der Waals surface area contributed by atoms with Gasteiger partial charge in [0.2, 0.25) is 0 Å². The van der Waals surface area contributed by atoms with E-state index in [-0.39, 0.29) is 11.6 Å². The lowest BCUT2D eigenvalue weighted by Crippen LogP contribution is -2.16. The standard InChI is InChI=1S/C12H15N5O3/c1-7-8(6-16(2)15-7)11(18)14-9-5-13-17(3)10(9)12(19)20-4/h5-6H,1-4H3,(H,14,18). The molecule has 0 fully saturated rings. The number of anilines is 1. The van der Waals surface area contributed by atoms with Crippen LogP contribution in [0.3, 0.4) is 0 Å². The first-order valence-electron chi connectivity index (χ1n) is 5.86. The van der Waals surface area contributed by atoms with E-state index < -0.39 is 5.97 Å². The number of methoxy groups -OCH3 is 1. The van der Waals surface area contributed by atoms with Gasteiger partial charge in [-0.3, -0.25) is 14.2 Å². The fourth-order valence-electron chi connectivity index (χ4n) is 1.88. The molecule has 2 aromatic heterocycles. The summed E-state index contributed by atoms with van der Waals surface area (Å²) in [5.74, 6) is -0.919. The molecule has 0 saturated carbocycles. The molecule has 0 bridgehead atoms. The second kappa shape index (κ2) is 5.16. The molecule has 1 amide bonds. The highest BCUT2D eigenvalue weighted by Gasteiger charge is 2.21. The number of esters is 1. The molecule has 1 N–H and O–H groups in total. The van der Waals surface area contributed by atoms with E-state index >= 15 is 0 Å². The van der Waals surface area contributed by atoms with Gasteiger partial charge >= 0.3 is 5.97 Å². The Bertz CT molecular complexity index is 671. The zero-order valence-corrected chi connectivity index (χ0v) is 11.7. The number of rotatable bonds is 3. The molecule has 0 spiro atoms. The van der Waals surface area contributed by atoms with Crippen LogP contribution in [0.5, 0.6) is 0 Å².